The monoisotopic (exact) mass is 1820 g/mol. The number of benzene rings is 4. The Morgan fingerprint density at radius 3 is 0.782 bits per heavy atom. The quantitative estimate of drug-likeness (QED) is 0.0414. The Morgan fingerprint density at radius 1 is 0.311 bits per heavy atom. The van der Waals surface area contributed by atoms with E-state index in [4.69, 9.17) is 29.4 Å². The molecule has 588 valence electrons. The number of hydrogen-bond acceptors (Lipinski definition) is 16. The molecule has 0 amide bonds. The first-order valence-corrected chi connectivity index (χ1v) is 35.7. The van der Waals surface area contributed by atoms with Crippen LogP contribution in [-0.4, -0.2) is 74.8 Å². The van der Waals surface area contributed by atoms with Gasteiger partial charge in [-0.25, -0.2) is 4.68 Å². The van der Waals surface area contributed by atoms with E-state index in [1.807, 2.05) is 314 Å². The summed E-state index contributed by atoms with van der Waals surface area (Å²) in [5.74, 6) is 7.30. The second-order valence-electron chi connectivity index (χ2n) is 22.8. The molecule has 4 aromatic carbocycles. The molecule has 13 aromatic heterocycles. The van der Waals surface area contributed by atoms with E-state index in [9.17, 15) is 0 Å². The molecule has 119 heavy (non-hydrogen) atoms. The Bertz CT molecular complexity index is 4990. The van der Waals surface area contributed by atoms with Crippen molar-refractivity contribution >= 4 is 0 Å². The van der Waals surface area contributed by atoms with E-state index >= 15 is 0 Å². The van der Waals surface area contributed by atoms with Crippen molar-refractivity contribution in [3.8, 4) is 117 Å². The third-order valence-electron chi connectivity index (χ3n) is 14.8. The van der Waals surface area contributed by atoms with Crippen LogP contribution in [0.4, 0.5) is 0 Å². The van der Waals surface area contributed by atoms with E-state index in [-0.39, 0.29) is 58.4 Å². The van der Waals surface area contributed by atoms with Gasteiger partial charge in [-0.05, 0) is 192 Å². The molecule has 0 saturated heterocycles. The first-order valence-electron chi connectivity index (χ1n) is 35.7. The number of rotatable bonds is 11. The minimum atomic E-state index is 0. The van der Waals surface area contributed by atoms with Crippen LogP contribution in [0.1, 0.15) is 29.2 Å². The van der Waals surface area contributed by atoms with Gasteiger partial charge in [0.1, 0.15) is 0 Å². The van der Waals surface area contributed by atoms with Crippen LogP contribution in [0.15, 0.2) is 419 Å². The molecule has 0 aliphatic carbocycles. The number of aromatic nitrogens is 15. The molecule has 1 N–H and O–H groups in total. The van der Waals surface area contributed by atoms with Crippen molar-refractivity contribution in [2.75, 3.05) is 0 Å². The maximum Gasteiger partial charge on any atom is 0.0889 e. The zero-order valence-electron chi connectivity index (χ0n) is 64.4. The van der Waals surface area contributed by atoms with Gasteiger partial charge in [0.2, 0.25) is 0 Å². The van der Waals surface area contributed by atoms with Crippen LogP contribution >= 0.6 is 0 Å². The molecule has 0 saturated carbocycles. The van der Waals surface area contributed by atoms with Crippen molar-refractivity contribution < 1.29 is 58.4 Å². The van der Waals surface area contributed by atoms with Crippen LogP contribution in [-0.2, 0) is 71.5 Å². The summed E-state index contributed by atoms with van der Waals surface area (Å²) in [4.78, 5) is 54.7. The Kier molecular flexibility index (Phi) is 49.8. The second kappa shape index (κ2) is 61.5. The molecule has 17 aromatic rings. The topological polar surface area (TPSA) is 294 Å². The SMILES string of the molecule is C#CC.C#Cc1ccc(-c2ccccn2)nc1.C#Cc1ccccc1.[N-]=[N+]=N.[N-]=[N+]=NCc1ccccc1.[Ru].[Ru].[Ru].c1ccc(-c2ccccn2)nc1.c1ccc(-c2ccccn2)nc1.c1ccc(-c2ccccn2)nc1.c1ccc(-c2ccccn2)nc1.c1ccc(-c2ccccn2)nc1.c1ccc(Cn2nncc2-c2ccccc2)cc1. The normalized spacial score (nSPS) is 8.92. The molecule has 0 fully saturated rings. The summed E-state index contributed by atoms with van der Waals surface area (Å²) in [7, 11) is 0. The van der Waals surface area contributed by atoms with Crippen molar-refractivity contribution in [1.82, 2.24) is 74.8 Å². The number of nitrogens with zero attached hydrogens (tertiary/aromatic N) is 20. The van der Waals surface area contributed by atoms with Gasteiger partial charge >= 0.3 is 0 Å². The van der Waals surface area contributed by atoms with Gasteiger partial charge in [0.15, 0.2) is 0 Å². The third-order valence-corrected chi connectivity index (χ3v) is 14.8. The van der Waals surface area contributed by atoms with Gasteiger partial charge < -0.3 is 0 Å². The van der Waals surface area contributed by atoms with Gasteiger partial charge in [-0.15, -0.1) is 35.8 Å². The van der Waals surface area contributed by atoms with E-state index < -0.39 is 0 Å². The van der Waals surface area contributed by atoms with E-state index in [1.165, 1.54) is 5.56 Å². The molecular formula is C95H79N21Ru3. The molecule has 21 nitrogen and oxygen atoms in total. The summed E-state index contributed by atoms with van der Waals surface area (Å²) < 4.78 is 1.92. The zero-order chi connectivity index (χ0) is 81.6. The number of pyridine rings is 12. The van der Waals surface area contributed by atoms with E-state index in [0.717, 1.165) is 103 Å². The molecule has 0 bridgehead atoms. The predicted octanol–water partition coefficient (Wildman–Crippen LogP) is 21.5. The van der Waals surface area contributed by atoms with Crippen LogP contribution in [0.3, 0.4) is 0 Å². The van der Waals surface area contributed by atoms with Crippen LogP contribution in [0.2, 0.25) is 0 Å². The Labute approximate surface area is 732 Å². The fourth-order valence-electron chi connectivity index (χ4n) is 9.48. The van der Waals surface area contributed by atoms with E-state index in [1.54, 1.807) is 92.4 Å². The molecule has 24 heteroatoms. The average molecular weight is 1820 g/mol. The minimum absolute atomic E-state index is 0. The van der Waals surface area contributed by atoms with Gasteiger partial charge in [0.05, 0.1) is 93.3 Å². The maximum absolute atomic E-state index is 7.99. The molecule has 17 rings (SSSR count). The number of azide groups is 1. The van der Waals surface area contributed by atoms with Gasteiger partial charge in [0.25, 0.3) is 0 Å². The van der Waals surface area contributed by atoms with Gasteiger partial charge in [-0.2, -0.15) is 0 Å². The second-order valence-corrected chi connectivity index (χ2v) is 22.8. The summed E-state index contributed by atoms with van der Waals surface area (Å²) >= 11 is 0. The standard InChI is InChI=1S/C15H13N3.C12H8N2.5C10H8N2.C8H6.C7H7N3.C3H4.HN3.3Ru/c1-3-7-13(8-4-1)12-18-15(11-16-17-18)14-9-5-2-6-10-14;1-2-10-6-7-12(14-9-10)11-5-3-4-8-13-11;5*1-3-7-11-9(5-1)10-6-2-4-8-12-10;1-2-8-6-4-3-5-7-8;8-10-9-6-7-4-2-1-3-5-7;2*1-3-2;;;/h1-11H,12H2;1,3-9H;5*1-8H;1,3-7H;1-5H,6H2;1H,2H3;1H;;;. The van der Waals surface area contributed by atoms with Crippen LogP contribution in [0, 0.1) is 42.6 Å². The number of terminal acetylenes is 3. The van der Waals surface area contributed by atoms with E-state index in [0.29, 0.717) is 6.54 Å². The van der Waals surface area contributed by atoms with Crippen molar-refractivity contribution in [2.24, 2.45) is 5.11 Å². The Balaban J connectivity index is 0.000000280. The minimum Gasteiger partial charge on any atom is -0.255 e. The molecule has 13 heterocycles. The van der Waals surface area contributed by atoms with Gasteiger partial charge in [-0.3, -0.25) is 59.8 Å². The van der Waals surface area contributed by atoms with E-state index in [2.05, 4.69) is 129 Å². The summed E-state index contributed by atoms with van der Waals surface area (Å²) in [6.07, 6.45) is 37.8. The molecular weight excluding hydrogens is 1740 g/mol. The van der Waals surface area contributed by atoms with Crippen molar-refractivity contribution in [1.29, 1.82) is 5.53 Å². The number of hydrogen-bond donors (Lipinski definition) is 1. The summed E-state index contributed by atoms with van der Waals surface area (Å²) in [5, 5.41) is 11.6. The summed E-state index contributed by atoms with van der Waals surface area (Å²) in [5.41, 5.74) is 37.2. The summed E-state index contributed by atoms with van der Waals surface area (Å²) in [6, 6.07) is 107. The third kappa shape index (κ3) is 38.6. The number of nitrogens with one attached hydrogen (secondary N) is 1. The molecule has 0 aliphatic rings. The largest absolute Gasteiger partial charge is 0.255 e. The van der Waals surface area contributed by atoms with Crippen molar-refractivity contribution in [3.05, 3.63) is 457 Å². The Morgan fingerprint density at radius 2 is 0.555 bits per heavy atom. The molecule has 0 unspecified atom stereocenters. The first kappa shape index (κ1) is 96.4. The smallest absolute Gasteiger partial charge is 0.0889 e. The van der Waals surface area contributed by atoms with Crippen LogP contribution in [0.25, 0.3) is 100 Å². The molecule has 0 aliphatic heterocycles. The van der Waals surface area contributed by atoms with Crippen molar-refractivity contribution in [3.63, 3.8) is 0 Å². The first-order chi connectivity index (χ1) is 57.4. The predicted molar refractivity (Wildman–Crippen MR) is 461 cm³/mol. The van der Waals surface area contributed by atoms with Crippen molar-refractivity contribution in [2.45, 2.75) is 20.0 Å². The van der Waals surface area contributed by atoms with Gasteiger partial charge in [-0.1, -0.05) is 198 Å². The molecule has 0 radical (unpaired) electrons. The Hall–Kier alpha value is -15.0. The molecule has 0 atom stereocenters. The zero-order valence-corrected chi connectivity index (χ0v) is 69.6. The average Bonchev–Trinajstić information content (AvgIpc) is 1.73. The fraction of sp³-hybridized carbons (Fsp3) is 0.0316. The fourth-order valence-corrected chi connectivity index (χ4v) is 9.48. The summed E-state index contributed by atoms with van der Waals surface area (Å²) in [6.45, 7) is 2.84. The van der Waals surface area contributed by atoms with Crippen LogP contribution in [0.5, 0.6) is 0 Å². The van der Waals surface area contributed by atoms with Gasteiger partial charge in [0, 0.05) is 154 Å². The maximum atomic E-state index is 7.99. The molecule has 0 spiro atoms. The van der Waals surface area contributed by atoms with Crippen LogP contribution < -0.4 is 0 Å².